The molecule has 0 aromatic heterocycles. The van der Waals surface area contributed by atoms with Gasteiger partial charge in [-0.15, -0.1) is 0 Å². The molecule has 5 fully saturated rings. The highest BCUT2D eigenvalue weighted by atomic mass is 19.4. The van der Waals surface area contributed by atoms with E-state index in [4.69, 9.17) is 0 Å². The summed E-state index contributed by atoms with van der Waals surface area (Å²) in [6.07, 6.45) is 8.19. The van der Waals surface area contributed by atoms with E-state index in [-0.39, 0.29) is 23.2 Å². The van der Waals surface area contributed by atoms with Gasteiger partial charge in [0, 0.05) is 0 Å². The number of hydrogen-bond donors (Lipinski definition) is 2. The Balaban J connectivity index is 1.36. The summed E-state index contributed by atoms with van der Waals surface area (Å²) in [6.45, 7) is 10.3. The molecule has 0 radical (unpaired) electrons. The normalized spacial score (nSPS) is 51.8. The molecule has 0 saturated heterocycles. The molecule has 5 rings (SSSR count). The summed E-state index contributed by atoms with van der Waals surface area (Å²) < 4.78 is 40.1. The summed E-state index contributed by atoms with van der Waals surface area (Å²) in [5.74, 6) is 3.63. The van der Waals surface area contributed by atoms with Gasteiger partial charge in [-0.3, -0.25) is 0 Å². The zero-order valence-electron chi connectivity index (χ0n) is 22.7. The molecular formula is C30H49F3O2. The van der Waals surface area contributed by atoms with Crippen LogP contribution in [-0.4, -0.2) is 27.6 Å². The van der Waals surface area contributed by atoms with Crippen LogP contribution in [0.3, 0.4) is 0 Å². The Kier molecular flexibility index (Phi) is 6.10. The number of alkyl halides is 3. The van der Waals surface area contributed by atoms with Gasteiger partial charge in [-0.2, -0.15) is 13.2 Å². The number of aliphatic hydroxyl groups is 2. The van der Waals surface area contributed by atoms with Gasteiger partial charge in [0.25, 0.3) is 0 Å². The van der Waals surface area contributed by atoms with Crippen LogP contribution in [0.15, 0.2) is 0 Å². The fourth-order valence-electron chi connectivity index (χ4n) is 11.1. The van der Waals surface area contributed by atoms with Crippen molar-refractivity contribution >= 4 is 0 Å². The van der Waals surface area contributed by atoms with E-state index in [1.807, 2.05) is 0 Å². The van der Waals surface area contributed by atoms with Gasteiger partial charge in [-0.25, -0.2) is 0 Å². The maximum absolute atomic E-state index is 13.4. The Labute approximate surface area is 210 Å². The van der Waals surface area contributed by atoms with Crippen LogP contribution in [0.5, 0.6) is 0 Å². The molecule has 0 aromatic rings. The van der Waals surface area contributed by atoms with Gasteiger partial charge in [0.15, 0.2) is 5.60 Å². The predicted molar refractivity (Wildman–Crippen MR) is 133 cm³/mol. The quantitative estimate of drug-likeness (QED) is 0.404. The van der Waals surface area contributed by atoms with Crippen LogP contribution in [-0.2, 0) is 0 Å². The molecule has 5 aliphatic carbocycles. The third-order valence-corrected chi connectivity index (χ3v) is 13.7. The first-order valence-electron chi connectivity index (χ1n) is 14.6. The lowest BCUT2D eigenvalue weighted by atomic mass is 9.39. The van der Waals surface area contributed by atoms with Crippen LogP contribution in [0.4, 0.5) is 13.2 Å². The molecule has 0 aromatic carbocycles. The van der Waals surface area contributed by atoms with E-state index >= 15 is 0 Å². The van der Waals surface area contributed by atoms with E-state index in [1.165, 1.54) is 38.5 Å². The van der Waals surface area contributed by atoms with Crippen molar-refractivity contribution in [2.45, 2.75) is 135 Å². The zero-order chi connectivity index (χ0) is 25.7. The van der Waals surface area contributed by atoms with Crippen LogP contribution in [0, 0.1) is 51.8 Å². The minimum absolute atomic E-state index is 0.150. The Morgan fingerprint density at radius 3 is 2.26 bits per heavy atom. The highest BCUT2D eigenvalue weighted by molar-refractivity contribution is 5.20. The maximum Gasteiger partial charge on any atom is 0.416 e. The maximum atomic E-state index is 13.4. The van der Waals surface area contributed by atoms with Crippen LogP contribution >= 0.6 is 0 Å². The van der Waals surface area contributed by atoms with Crippen molar-refractivity contribution in [1.82, 2.24) is 0 Å². The van der Waals surface area contributed by atoms with E-state index in [0.717, 1.165) is 50.9 Å². The van der Waals surface area contributed by atoms with E-state index in [1.54, 1.807) is 0 Å². The Morgan fingerprint density at radius 1 is 0.943 bits per heavy atom. The van der Waals surface area contributed by atoms with Gasteiger partial charge in [0.2, 0.25) is 0 Å². The molecule has 0 spiro atoms. The zero-order valence-corrected chi connectivity index (χ0v) is 22.7. The summed E-state index contributed by atoms with van der Waals surface area (Å²) >= 11 is 0. The summed E-state index contributed by atoms with van der Waals surface area (Å²) in [5.41, 5.74) is -2.37. The van der Waals surface area contributed by atoms with Gasteiger partial charge in [0.05, 0.1) is 5.60 Å². The number of halogens is 3. The molecular weight excluding hydrogens is 449 g/mol. The Hall–Kier alpha value is -0.290. The smallest absolute Gasteiger partial charge is 0.390 e. The molecule has 2 N–H and O–H groups in total. The predicted octanol–water partition coefficient (Wildman–Crippen LogP) is 7.91. The SMILES string of the molecule is CC[C@]1(O)CC[C@@]2(C)[C@@H](CC[C@@H]3[C@@H]2CC[C@@]2(C)[C@H]3C[C@H]3CC[C@]32[C@H](C)CC[C@](C)(O)C(F)(F)F)C1. The fourth-order valence-corrected chi connectivity index (χ4v) is 11.1. The molecule has 0 unspecified atom stereocenters. The monoisotopic (exact) mass is 498 g/mol. The summed E-state index contributed by atoms with van der Waals surface area (Å²) in [4.78, 5) is 0. The minimum atomic E-state index is -4.57. The topological polar surface area (TPSA) is 40.5 Å². The summed E-state index contributed by atoms with van der Waals surface area (Å²) in [7, 11) is 0. The number of rotatable bonds is 5. The van der Waals surface area contributed by atoms with Crippen molar-refractivity contribution < 1.29 is 23.4 Å². The third-order valence-electron chi connectivity index (χ3n) is 13.7. The molecule has 11 atom stereocenters. The van der Waals surface area contributed by atoms with Gasteiger partial charge in [-0.05, 0) is 142 Å². The number of hydrogen-bond acceptors (Lipinski definition) is 2. The first-order chi connectivity index (χ1) is 16.1. The minimum Gasteiger partial charge on any atom is -0.390 e. The Bertz CT molecular complexity index is 825. The fraction of sp³-hybridized carbons (Fsp3) is 1.00. The molecule has 35 heavy (non-hydrogen) atoms. The second-order valence-corrected chi connectivity index (χ2v) is 14.6. The lowest BCUT2D eigenvalue weighted by Gasteiger charge is -2.65. The number of fused-ring (bicyclic) bond motifs is 7. The van der Waals surface area contributed by atoms with Gasteiger partial charge in [-0.1, -0.05) is 27.7 Å². The van der Waals surface area contributed by atoms with Crippen LogP contribution in [0.25, 0.3) is 0 Å². The van der Waals surface area contributed by atoms with Crippen molar-refractivity contribution in [3.63, 3.8) is 0 Å². The second-order valence-electron chi connectivity index (χ2n) is 14.6. The molecule has 0 heterocycles. The molecule has 0 aliphatic heterocycles. The highest BCUT2D eigenvalue weighted by Crippen LogP contribution is 2.79. The van der Waals surface area contributed by atoms with E-state index in [9.17, 15) is 23.4 Å². The average Bonchev–Trinajstić information content (AvgIpc) is 2.94. The van der Waals surface area contributed by atoms with Crippen molar-refractivity contribution in [1.29, 1.82) is 0 Å². The lowest BCUT2D eigenvalue weighted by molar-refractivity contribution is -0.257. The van der Waals surface area contributed by atoms with Crippen LogP contribution in [0.1, 0.15) is 118 Å². The van der Waals surface area contributed by atoms with E-state index < -0.39 is 17.4 Å². The summed E-state index contributed by atoms with van der Waals surface area (Å²) in [6, 6.07) is 0. The Morgan fingerprint density at radius 2 is 1.66 bits per heavy atom. The van der Waals surface area contributed by atoms with Crippen LogP contribution in [0.2, 0.25) is 0 Å². The molecule has 2 nitrogen and oxygen atoms in total. The molecule has 5 saturated carbocycles. The molecule has 0 bridgehead atoms. The highest BCUT2D eigenvalue weighted by Gasteiger charge is 2.71. The molecule has 0 amide bonds. The van der Waals surface area contributed by atoms with Gasteiger partial charge >= 0.3 is 6.18 Å². The largest absolute Gasteiger partial charge is 0.416 e. The van der Waals surface area contributed by atoms with Gasteiger partial charge in [0.1, 0.15) is 0 Å². The third kappa shape index (κ3) is 3.55. The van der Waals surface area contributed by atoms with Crippen molar-refractivity contribution in [2.24, 2.45) is 51.8 Å². The molecule has 5 heteroatoms. The first-order valence-corrected chi connectivity index (χ1v) is 14.6. The molecule has 5 aliphatic rings. The van der Waals surface area contributed by atoms with Crippen molar-refractivity contribution in [3.8, 4) is 0 Å². The first kappa shape index (κ1) is 26.3. The van der Waals surface area contributed by atoms with Gasteiger partial charge < -0.3 is 10.2 Å². The average molecular weight is 499 g/mol. The molecule has 202 valence electrons. The lowest BCUT2D eigenvalue weighted by Crippen LogP contribution is -2.59. The standard InChI is InChI=1S/C30H49F3O2/c1-6-28(35)16-15-25(3)21(18-28)7-8-22-23(25)11-12-26(4)24(22)17-20-10-14-29(20,26)19(2)9-13-27(5,34)30(31,32)33/h19-24,34-35H,6-18H2,1-5H3/t19-,20-,21+,22-,23+,24+,25+,26+,27+,28+,29+/m1/s1. The van der Waals surface area contributed by atoms with Crippen molar-refractivity contribution in [3.05, 3.63) is 0 Å². The second kappa shape index (κ2) is 8.10. The summed E-state index contributed by atoms with van der Waals surface area (Å²) in [5, 5.41) is 21.2. The van der Waals surface area contributed by atoms with Crippen LogP contribution < -0.4 is 0 Å². The van der Waals surface area contributed by atoms with E-state index in [0.29, 0.717) is 29.6 Å². The van der Waals surface area contributed by atoms with E-state index in [2.05, 4.69) is 27.7 Å². The van der Waals surface area contributed by atoms with Crippen molar-refractivity contribution in [2.75, 3.05) is 0 Å².